The first kappa shape index (κ1) is 11.7. The first-order valence-electron chi connectivity index (χ1n) is 5.16. The number of rotatable bonds is 1. The van der Waals surface area contributed by atoms with Crippen LogP contribution in [0.15, 0.2) is 54.6 Å². The van der Waals surface area contributed by atoms with Crippen molar-refractivity contribution in [3.8, 4) is 0 Å². The topological polar surface area (TPSA) is 20.2 Å². The fraction of sp³-hybridized carbons (Fsp3) is 0.286. The van der Waals surface area contributed by atoms with E-state index in [0.717, 1.165) is 13.5 Å². The SMILES string of the molecule is CC1(c2ccccc2)C=CC=CC1.CO. The molecule has 1 aliphatic rings. The lowest BCUT2D eigenvalue weighted by Gasteiger charge is -2.26. The second-order valence-electron chi connectivity index (χ2n) is 3.77. The maximum atomic E-state index is 7.00. The molecule has 0 aromatic heterocycles. The Bertz CT molecular complexity index is 338. The fourth-order valence-electron chi connectivity index (χ4n) is 1.76. The average Bonchev–Trinajstić information content (AvgIpc) is 2.34. The van der Waals surface area contributed by atoms with E-state index in [1.807, 2.05) is 0 Å². The minimum absolute atomic E-state index is 0.204. The Hall–Kier alpha value is -1.34. The number of hydrogen-bond donors (Lipinski definition) is 1. The van der Waals surface area contributed by atoms with Gasteiger partial charge in [0.25, 0.3) is 0 Å². The molecule has 0 radical (unpaired) electrons. The highest BCUT2D eigenvalue weighted by Gasteiger charge is 2.22. The normalized spacial score (nSPS) is 23.1. The lowest BCUT2D eigenvalue weighted by molar-refractivity contribution is 0.399. The highest BCUT2D eigenvalue weighted by atomic mass is 16.2. The van der Waals surface area contributed by atoms with Crippen LogP contribution in [0.1, 0.15) is 18.9 Å². The molecule has 1 N–H and O–H groups in total. The van der Waals surface area contributed by atoms with Gasteiger partial charge in [-0.05, 0) is 12.0 Å². The molecule has 1 nitrogen and oxygen atoms in total. The van der Waals surface area contributed by atoms with Crippen molar-refractivity contribution in [1.29, 1.82) is 0 Å². The zero-order chi connectivity index (χ0) is 11.1. The van der Waals surface area contributed by atoms with Crippen LogP contribution >= 0.6 is 0 Å². The average molecular weight is 202 g/mol. The van der Waals surface area contributed by atoms with Gasteiger partial charge in [0.15, 0.2) is 0 Å². The smallest absolute Gasteiger partial charge is 0.0319 e. The summed E-state index contributed by atoms with van der Waals surface area (Å²) in [5.41, 5.74) is 1.60. The van der Waals surface area contributed by atoms with Crippen LogP contribution in [0.2, 0.25) is 0 Å². The zero-order valence-electron chi connectivity index (χ0n) is 9.35. The number of benzene rings is 1. The van der Waals surface area contributed by atoms with Crippen LogP contribution in [-0.4, -0.2) is 12.2 Å². The predicted octanol–water partition coefficient (Wildman–Crippen LogP) is 3.07. The van der Waals surface area contributed by atoms with E-state index in [0.29, 0.717) is 0 Å². The van der Waals surface area contributed by atoms with E-state index in [1.54, 1.807) is 0 Å². The predicted molar refractivity (Wildman–Crippen MR) is 64.8 cm³/mol. The van der Waals surface area contributed by atoms with Crippen LogP contribution in [0.4, 0.5) is 0 Å². The largest absolute Gasteiger partial charge is 0.400 e. The lowest BCUT2D eigenvalue weighted by Crippen LogP contribution is -2.18. The first-order valence-corrected chi connectivity index (χ1v) is 5.16. The molecule has 1 heteroatoms. The van der Waals surface area contributed by atoms with Gasteiger partial charge in [-0.25, -0.2) is 0 Å². The second-order valence-corrected chi connectivity index (χ2v) is 3.77. The van der Waals surface area contributed by atoms with Gasteiger partial charge in [0.2, 0.25) is 0 Å². The van der Waals surface area contributed by atoms with Crippen LogP contribution < -0.4 is 0 Å². The number of allylic oxidation sites excluding steroid dienone is 4. The van der Waals surface area contributed by atoms with Crippen LogP contribution in [0.25, 0.3) is 0 Å². The Morgan fingerprint density at radius 1 is 1.07 bits per heavy atom. The van der Waals surface area contributed by atoms with Crippen molar-refractivity contribution in [2.45, 2.75) is 18.8 Å². The molecule has 0 saturated heterocycles. The minimum Gasteiger partial charge on any atom is -0.400 e. The lowest BCUT2D eigenvalue weighted by atomic mass is 9.77. The molecule has 1 aromatic rings. The van der Waals surface area contributed by atoms with Crippen molar-refractivity contribution in [1.82, 2.24) is 0 Å². The Kier molecular flexibility index (Phi) is 4.32. The molecule has 1 atom stereocenters. The van der Waals surface area contributed by atoms with Crippen LogP contribution in [0.3, 0.4) is 0 Å². The van der Waals surface area contributed by atoms with Gasteiger partial charge in [0.05, 0.1) is 0 Å². The Labute approximate surface area is 91.8 Å². The van der Waals surface area contributed by atoms with E-state index >= 15 is 0 Å². The summed E-state index contributed by atoms with van der Waals surface area (Å²) in [7, 11) is 1.00. The fourth-order valence-corrected chi connectivity index (χ4v) is 1.76. The molecule has 1 aromatic carbocycles. The molecule has 2 rings (SSSR count). The number of aliphatic hydroxyl groups excluding tert-OH is 1. The molecule has 0 amide bonds. The summed E-state index contributed by atoms with van der Waals surface area (Å²) in [6, 6.07) is 10.7. The van der Waals surface area contributed by atoms with Gasteiger partial charge in [0, 0.05) is 12.5 Å². The Morgan fingerprint density at radius 2 is 1.73 bits per heavy atom. The number of aliphatic hydroxyl groups is 1. The summed E-state index contributed by atoms with van der Waals surface area (Å²) < 4.78 is 0. The summed E-state index contributed by atoms with van der Waals surface area (Å²) in [5, 5.41) is 7.00. The highest BCUT2D eigenvalue weighted by molar-refractivity contribution is 5.34. The molecule has 80 valence electrons. The van der Waals surface area contributed by atoms with Gasteiger partial charge >= 0.3 is 0 Å². The summed E-state index contributed by atoms with van der Waals surface area (Å²) in [4.78, 5) is 0. The molecule has 0 aliphatic heterocycles. The van der Waals surface area contributed by atoms with Crippen molar-refractivity contribution in [3.63, 3.8) is 0 Å². The van der Waals surface area contributed by atoms with Crippen molar-refractivity contribution < 1.29 is 5.11 Å². The third-order valence-electron chi connectivity index (χ3n) is 2.69. The van der Waals surface area contributed by atoms with Gasteiger partial charge in [-0.3, -0.25) is 0 Å². The highest BCUT2D eigenvalue weighted by Crippen LogP contribution is 2.31. The molecular formula is C14H18O. The van der Waals surface area contributed by atoms with Crippen molar-refractivity contribution in [2.75, 3.05) is 7.11 Å². The molecule has 0 fully saturated rings. The third kappa shape index (κ3) is 2.80. The quantitative estimate of drug-likeness (QED) is 0.742. The van der Waals surface area contributed by atoms with Gasteiger partial charge in [-0.15, -0.1) is 0 Å². The zero-order valence-corrected chi connectivity index (χ0v) is 9.35. The molecule has 0 saturated carbocycles. The van der Waals surface area contributed by atoms with Crippen molar-refractivity contribution >= 4 is 0 Å². The Balaban J connectivity index is 0.000000531. The second kappa shape index (κ2) is 5.52. The van der Waals surface area contributed by atoms with Crippen LogP contribution in [0.5, 0.6) is 0 Å². The first-order chi connectivity index (χ1) is 7.31. The van der Waals surface area contributed by atoms with Gasteiger partial charge in [-0.1, -0.05) is 61.6 Å². The molecule has 1 unspecified atom stereocenters. The molecule has 1 aliphatic carbocycles. The Morgan fingerprint density at radius 3 is 2.27 bits per heavy atom. The summed E-state index contributed by atoms with van der Waals surface area (Å²) in [5.74, 6) is 0. The monoisotopic (exact) mass is 202 g/mol. The number of hydrogen-bond acceptors (Lipinski definition) is 1. The van der Waals surface area contributed by atoms with E-state index in [9.17, 15) is 0 Å². The summed E-state index contributed by atoms with van der Waals surface area (Å²) in [6.07, 6.45) is 9.87. The van der Waals surface area contributed by atoms with Gasteiger partial charge in [0.1, 0.15) is 0 Å². The summed E-state index contributed by atoms with van der Waals surface area (Å²) in [6.45, 7) is 2.28. The van der Waals surface area contributed by atoms with E-state index in [-0.39, 0.29) is 5.41 Å². The molecule has 0 heterocycles. The van der Waals surface area contributed by atoms with Gasteiger partial charge in [-0.2, -0.15) is 0 Å². The summed E-state index contributed by atoms with van der Waals surface area (Å²) >= 11 is 0. The molecule has 15 heavy (non-hydrogen) atoms. The van der Waals surface area contributed by atoms with E-state index in [4.69, 9.17) is 5.11 Å². The van der Waals surface area contributed by atoms with Crippen LogP contribution in [-0.2, 0) is 5.41 Å². The third-order valence-corrected chi connectivity index (χ3v) is 2.69. The van der Waals surface area contributed by atoms with E-state index in [2.05, 4.69) is 61.6 Å². The maximum Gasteiger partial charge on any atom is 0.0319 e. The minimum atomic E-state index is 0.204. The molecular weight excluding hydrogens is 184 g/mol. The van der Waals surface area contributed by atoms with E-state index in [1.165, 1.54) is 5.56 Å². The molecule has 0 bridgehead atoms. The van der Waals surface area contributed by atoms with E-state index < -0.39 is 0 Å². The van der Waals surface area contributed by atoms with Crippen molar-refractivity contribution in [2.24, 2.45) is 0 Å². The standard InChI is InChI=1S/C13H14.CH4O/c1-13(10-6-3-7-11-13)12-8-4-2-5-9-12;1-2/h2-10H,11H2,1H3;2H,1H3. The van der Waals surface area contributed by atoms with Gasteiger partial charge < -0.3 is 5.11 Å². The van der Waals surface area contributed by atoms with Crippen molar-refractivity contribution in [3.05, 3.63) is 60.2 Å². The maximum absolute atomic E-state index is 7.00. The van der Waals surface area contributed by atoms with Crippen LogP contribution in [0, 0.1) is 0 Å². The molecule has 0 spiro atoms.